The number of anilines is 1. The molecule has 1 aromatic carbocycles. The zero-order chi connectivity index (χ0) is 13.5. The van der Waals surface area contributed by atoms with Crippen LogP contribution in [0.15, 0.2) is 24.3 Å². The van der Waals surface area contributed by atoms with E-state index in [0.717, 1.165) is 18.7 Å². The Labute approximate surface area is 109 Å². The summed E-state index contributed by atoms with van der Waals surface area (Å²) in [6.07, 6.45) is 1.21. The van der Waals surface area contributed by atoms with Crippen LogP contribution in [0.5, 0.6) is 0 Å². The Kier molecular flexibility index (Phi) is 5.69. The normalized spacial score (nSPS) is 10.7. The maximum atomic E-state index is 10.7. The van der Waals surface area contributed by atoms with Crippen molar-refractivity contribution >= 4 is 11.7 Å². The van der Waals surface area contributed by atoms with Crippen molar-refractivity contribution in [2.45, 2.75) is 39.5 Å². The highest BCUT2D eigenvalue weighted by atomic mass is 16.4. The Bertz CT molecular complexity index is 371. The van der Waals surface area contributed by atoms with Gasteiger partial charge in [-0.05, 0) is 30.0 Å². The van der Waals surface area contributed by atoms with Crippen LogP contribution in [-0.4, -0.2) is 24.2 Å². The van der Waals surface area contributed by atoms with E-state index >= 15 is 0 Å². The topological polar surface area (TPSA) is 40.5 Å². The number of rotatable bonds is 7. The van der Waals surface area contributed by atoms with Crippen molar-refractivity contribution in [3.05, 3.63) is 29.8 Å². The zero-order valence-electron chi connectivity index (χ0n) is 11.5. The van der Waals surface area contributed by atoms with Crippen molar-refractivity contribution in [1.82, 2.24) is 0 Å². The first-order chi connectivity index (χ1) is 8.54. The first-order valence-corrected chi connectivity index (χ1v) is 6.61. The molecule has 3 nitrogen and oxygen atoms in total. The molecular weight excluding hydrogens is 226 g/mol. The summed E-state index contributed by atoms with van der Waals surface area (Å²) in [5, 5.41) is 8.77. The van der Waals surface area contributed by atoms with Gasteiger partial charge in [0.05, 0.1) is 6.42 Å². The zero-order valence-corrected chi connectivity index (χ0v) is 11.5. The Balaban J connectivity index is 2.75. The van der Waals surface area contributed by atoms with Crippen molar-refractivity contribution < 1.29 is 9.90 Å². The molecule has 0 saturated heterocycles. The number of nitrogens with zero attached hydrogens (tertiary/aromatic N) is 1. The molecule has 0 fully saturated rings. The fourth-order valence-corrected chi connectivity index (χ4v) is 1.94. The minimum atomic E-state index is -0.741. The lowest BCUT2D eigenvalue weighted by molar-refractivity contribution is -0.136. The van der Waals surface area contributed by atoms with Crippen LogP contribution in [0.3, 0.4) is 0 Å². The molecule has 0 unspecified atom stereocenters. The highest BCUT2D eigenvalue weighted by Crippen LogP contribution is 2.20. The lowest BCUT2D eigenvalue weighted by Crippen LogP contribution is -2.26. The van der Waals surface area contributed by atoms with Crippen LogP contribution in [0.25, 0.3) is 0 Å². The number of carbonyl (C=O) groups is 1. The summed E-state index contributed by atoms with van der Waals surface area (Å²) in [5.41, 5.74) is 2.43. The standard InChI is InChI=1S/C15H23NO2/c1-4-10-16(11-9-15(17)18)14-7-5-13(6-8-14)12(2)3/h5-8,12H,4,9-11H2,1-3H3,(H,17,18). The summed E-state index contributed by atoms with van der Waals surface area (Å²) in [4.78, 5) is 12.8. The highest BCUT2D eigenvalue weighted by molar-refractivity contribution is 5.67. The van der Waals surface area contributed by atoms with Crippen molar-refractivity contribution in [3.63, 3.8) is 0 Å². The summed E-state index contributed by atoms with van der Waals surface area (Å²) >= 11 is 0. The van der Waals surface area contributed by atoms with Gasteiger partial charge in [-0.2, -0.15) is 0 Å². The monoisotopic (exact) mass is 249 g/mol. The molecule has 3 heteroatoms. The molecule has 0 heterocycles. The fourth-order valence-electron chi connectivity index (χ4n) is 1.94. The molecule has 0 aliphatic heterocycles. The Hall–Kier alpha value is -1.51. The molecule has 100 valence electrons. The summed E-state index contributed by atoms with van der Waals surface area (Å²) < 4.78 is 0. The molecule has 1 N–H and O–H groups in total. The molecule has 0 aromatic heterocycles. The van der Waals surface area contributed by atoms with Crippen molar-refractivity contribution in [3.8, 4) is 0 Å². The van der Waals surface area contributed by atoms with E-state index in [1.807, 2.05) is 0 Å². The van der Waals surface area contributed by atoms with E-state index in [-0.39, 0.29) is 6.42 Å². The summed E-state index contributed by atoms with van der Waals surface area (Å²) in [7, 11) is 0. The molecule has 1 aromatic rings. The van der Waals surface area contributed by atoms with Gasteiger partial charge in [0.1, 0.15) is 0 Å². The van der Waals surface area contributed by atoms with Crippen LogP contribution in [0, 0.1) is 0 Å². The minimum Gasteiger partial charge on any atom is -0.481 e. The molecule has 0 amide bonds. The van der Waals surface area contributed by atoms with E-state index in [0.29, 0.717) is 12.5 Å². The van der Waals surface area contributed by atoms with Crippen LogP contribution in [0.1, 0.15) is 45.1 Å². The van der Waals surface area contributed by atoms with Crippen LogP contribution < -0.4 is 4.90 Å². The Morgan fingerprint density at radius 3 is 2.28 bits per heavy atom. The molecular formula is C15H23NO2. The van der Waals surface area contributed by atoms with Crippen LogP contribution in [0.2, 0.25) is 0 Å². The third kappa shape index (κ3) is 4.40. The van der Waals surface area contributed by atoms with Crippen molar-refractivity contribution in [2.24, 2.45) is 0 Å². The van der Waals surface area contributed by atoms with Gasteiger partial charge in [0, 0.05) is 18.8 Å². The molecule has 18 heavy (non-hydrogen) atoms. The number of aliphatic carboxylic acids is 1. The molecule has 0 bridgehead atoms. The number of carboxylic acids is 1. The van der Waals surface area contributed by atoms with Gasteiger partial charge in [-0.25, -0.2) is 0 Å². The van der Waals surface area contributed by atoms with Crippen molar-refractivity contribution in [2.75, 3.05) is 18.0 Å². The molecule has 0 spiro atoms. The number of hydrogen-bond acceptors (Lipinski definition) is 2. The lowest BCUT2D eigenvalue weighted by atomic mass is 10.0. The molecule has 0 radical (unpaired) electrons. The third-order valence-electron chi connectivity index (χ3n) is 3.01. The van der Waals surface area contributed by atoms with Gasteiger partial charge in [0.2, 0.25) is 0 Å². The predicted octanol–water partition coefficient (Wildman–Crippen LogP) is 3.50. The molecule has 0 aliphatic rings. The van der Waals surface area contributed by atoms with Gasteiger partial charge in [-0.15, -0.1) is 0 Å². The number of carboxylic acid groups (broad SMARTS) is 1. The van der Waals surface area contributed by atoms with Crippen LogP contribution >= 0.6 is 0 Å². The SMILES string of the molecule is CCCN(CCC(=O)O)c1ccc(C(C)C)cc1. The first kappa shape index (κ1) is 14.6. The average Bonchev–Trinajstić information content (AvgIpc) is 2.34. The van der Waals surface area contributed by atoms with Gasteiger partial charge in [-0.3, -0.25) is 4.79 Å². The summed E-state index contributed by atoms with van der Waals surface area (Å²) in [6, 6.07) is 8.44. The van der Waals surface area contributed by atoms with Gasteiger partial charge >= 0.3 is 5.97 Å². The maximum Gasteiger partial charge on any atom is 0.305 e. The summed E-state index contributed by atoms with van der Waals surface area (Å²) in [6.45, 7) is 7.92. The first-order valence-electron chi connectivity index (χ1n) is 6.61. The Morgan fingerprint density at radius 2 is 1.83 bits per heavy atom. The van der Waals surface area contributed by atoms with E-state index in [2.05, 4.69) is 49.9 Å². The highest BCUT2D eigenvalue weighted by Gasteiger charge is 2.08. The van der Waals surface area contributed by atoms with Crippen LogP contribution in [-0.2, 0) is 4.79 Å². The third-order valence-corrected chi connectivity index (χ3v) is 3.01. The number of benzene rings is 1. The van der Waals surface area contributed by atoms with E-state index in [9.17, 15) is 4.79 Å². The second kappa shape index (κ2) is 7.04. The van der Waals surface area contributed by atoms with Gasteiger partial charge in [-0.1, -0.05) is 32.9 Å². The lowest BCUT2D eigenvalue weighted by Gasteiger charge is -2.24. The van der Waals surface area contributed by atoms with Gasteiger partial charge in [0.25, 0.3) is 0 Å². The molecule has 0 atom stereocenters. The van der Waals surface area contributed by atoms with E-state index < -0.39 is 5.97 Å². The fraction of sp³-hybridized carbons (Fsp3) is 0.533. The number of hydrogen-bond donors (Lipinski definition) is 1. The predicted molar refractivity (Wildman–Crippen MR) is 75.3 cm³/mol. The summed E-state index contributed by atoms with van der Waals surface area (Å²) in [5.74, 6) is -0.215. The smallest absolute Gasteiger partial charge is 0.305 e. The van der Waals surface area contributed by atoms with Gasteiger partial charge < -0.3 is 10.0 Å². The van der Waals surface area contributed by atoms with Crippen LogP contribution in [0.4, 0.5) is 5.69 Å². The Morgan fingerprint density at radius 1 is 1.22 bits per heavy atom. The maximum absolute atomic E-state index is 10.7. The average molecular weight is 249 g/mol. The second-order valence-corrected chi connectivity index (χ2v) is 4.88. The molecule has 1 rings (SSSR count). The second-order valence-electron chi connectivity index (χ2n) is 4.88. The van der Waals surface area contributed by atoms with E-state index in [1.165, 1.54) is 5.56 Å². The van der Waals surface area contributed by atoms with Crippen molar-refractivity contribution in [1.29, 1.82) is 0 Å². The molecule has 0 aliphatic carbocycles. The molecule has 0 saturated carbocycles. The minimum absolute atomic E-state index is 0.186. The largest absolute Gasteiger partial charge is 0.481 e. The van der Waals surface area contributed by atoms with E-state index in [1.54, 1.807) is 0 Å². The van der Waals surface area contributed by atoms with E-state index in [4.69, 9.17) is 5.11 Å². The quantitative estimate of drug-likeness (QED) is 0.804. The van der Waals surface area contributed by atoms with Gasteiger partial charge in [0.15, 0.2) is 0 Å².